The Hall–Kier alpha value is -1.45. The van der Waals surface area contributed by atoms with Crippen LogP contribution < -0.4 is 4.90 Å². The normalized spacial score (nSPS) is 9.58. The number of carbonyl (C=O) groups is 1. The minimum atomic E-state index is -0.0631. The molecule has 0 radical (unpaired) electrons. The van der Waals surface area contributed by atoms with E-state index in [2.05, 4.69) is 9.97 Å². The van der Waals surface area contributed by atoms with Crippen LogP contribution in [0.2, 0.25) is 0 Å². The van der Waals surface area contributed by atoms with Gasteiger partial charge in [0.25, 0.3) is 0 Å². The van der Waals surface area contributed by atoms with Crippen molar-refractivity contribution in [1.82, 2.24) is 9.97 Å². The second kappa shape index (κ2) is 3.30. The first-order valence-corrected chi connectivity index (χ1v) is 3.62. The molecular weight excluding hydrogens is 154 g/mol. The highest BCUT2D eigenvalue weighted by Gasteiger charge is 2.10. The van der Waals surface area contributed by atoms with Gasteiger partial charge >= 0.3 is 0 Å². The number of carbonyl (C=O) groups excluding carboxylic acids is 1. The lowest BCUT2D eigenvalue weighted by atomic mass is 10.3. The summed E-state index contributed by atoms with van der Waals surface area (Å²) in [6.45, 7) is 1.48. The molecule has 0 fully saturated rings. The Morgan fingerprint density at radius 1 is 1.33 bits per heavy atom. The monoisotopic (exact) mass is 165 g/mol. The third-order valence-corrected chi connectivity index (χ3v) is 1.44. The summed E-state index contributed by atoms with van der Waals surface area (Å²) in [5.41, 5.74) is 0.419. The van der Waals surface area contributed by atoms with Crippen molar-refractivity contribution in [2.45, 2.75) is 6.92 Å². The molecule has 0 aliphatic carbocycles. The van der Waals surface area contributed by atoms with Crippen molar-refractivity contribution in [2.75, 3.05) is 19.0 Å². The minimum Gasteiger partial charge on any atom is -0.361 e. The van der Waals surface area contributed by atoms with Gasteiger partial charge < -0.3 is 4.90 Å². The number of nitrogens with zero attached hydrogens (tertiary/aromatic N) is 3. The predicted octanol–water partition coefficient (Wildman–Crippen LogP) is 0.745. The van der Waals surface area contributed by atoms with Crippen molar-refractivity contribution in [3.63, 3.8) is 0 Å². The Balaban J connectivity index is 3.17. The molecule has 4 nitrogen and oxygen atoms in total. The number of Topliss-reactive ketones (excluding diaryl/α,β-unsaturated/α-hetero) is 1. The molecule has 4 heteroatoms. The molecule has 0 saturated carbocycles. The van der Waals surface area contributed by atoms with Gasteiger partial charge in [-0.3, -0.25) is 4.79 Å². The molecule has 0 unspecified atom stereocenters. The zero-order valence-corrected chi connectivity index (χ0v) is 7.40. The number of hydrogen-bond donors (Lipinski definition) is 0. The molecule has 0 bridgehead atoms. The lowest BCUT2D eigenvalue weighted by molar-refractivity contribution is 0.101. The number of aromatic nitrogens is 2. The Labute approximate surface area is 71.3 Å². The van der Waals surface area contributed by atoms with E-state index in [1.54, 1.807) is 11.1 Å². The predicted molar refractivity (Wildman–Crippen MR) is 46.4 cm³/mol. The second-order valence-corrected chi connectivity index (χ2v) is 2.68. The van der Waals surface area contributed by atoms with Gasteiger partial charge in [-0.1, -0.05) is 0 Å². The van der Waals surface area contributed by atoms with E-state index in [1.807, 2.05) is 14.1 Å². The largest absolute Gasteiger partial charge is 0.361 e. The standard InChI is InChI=1S/C8H11N3O/c1-6(12)7-8(11(2)3)10-5-4-9-7/h4-5H,1-3H3. The average Bonchev–Trinajstić information content (AvgIpc) is 2.04. The third-order valence-electron chi connectivity index (χ3n) is 1.44. The zero-order valence-electron chi connectivity index (χ0n) is 7.40. The minimum absolute atomic E-state index is 0.0631. The summed E-state index contributed by atoms with van der Waals surface area (Å²) in [5, 5.41) is 0. The van der Waals surface area contributed by atoms with Crippen molar-refractivity contribution in [3.8, 4) is 0 Å². The van der Waals surface area contributed by atoms with Crippen molar-refractivity contribution < 1.29 is 4.79 Å². The molecule has 64 valence electrons. The lowest BCUT2D eigenvalue weighted by Crippen LogP contribution is -2.15. The first-order valence-electron chi connectivity index (χ1n) is 3.62. The van der Waals surface area contributed by atoms with Crippen molar-refractivity contribution in [3.05, 3.63) is 18.1 Å². The first kappa shape index (κ1) is 8.64. The highest BCUT2D eigenvalue weighted by Crippen LogP contribution is 2.11. The summed E-state index contributed by atoms with van der Waals surface area (Å²) in [4.78, 5) is 20.8. The molecule has 0 amide bonds. The summed E-state index contributed by atoms with van der Waals surface area (Å²) in [6, 6.07) is 0. The summed E-state index contributed by atoms with van der Waals surface area (Å²) in [5.74, 6) is 0.553. The quantitative estimate of drug-likeness (QED) is 0.606. The fourth-order valence-corrected chi connectivity index (χ4v) is 0.906. The fourth-order valence-electron chi connectivity index (χ4n) is 0.906. The van der Waals surface area contributed by atoms with E-state index in [4.69, 9.17) is 0 Å². The van der Waals surface area contributed by atoms with Crippen LogP contribution >= 0.6 is 0 Å². The molecule has 1 aromatic heterocycles. The fraction of sp³-hybridized carbons (Fsp3) is 0.375. The molecule has 0 saturated heterocycles. The van der Waals surface area contributed by atoms with Crippen LogP contribution in [0.4, 0.5) is 5.82 Å². The van der Waals surface area contributed by atoms with Gasteiger partial charge in [0, 0.05) is 33.4 Å². The number of hydrogen-bond acceptors (Lipinski definition) is 4. The molecule has 1 heterocycles. The van der Waals surface area contributed by atoms with Crippen LogP contribution in [0.1, 0.15) is 17.4 Å². The van der Waals surface area contributed by atoms with Gasteiger partial charge in [-0.25, -0.2) is 9.97 Å². The van der Waals surface area contributed by atoms with E-state index in [1.165, 1.54) is 13.1 Å². The van der Waals surface area contributed by atoms with E-state index in [9.17, 15) is 4.79 Å². The summed E-state index contributed by atoms with van der Waals surface area (Å²) in [7, 11) is 3.66. The van der Waals surface area contributed by atoms with Gasteiger partial charge in [0.15, 0.2) is 11.6 Å². The smallest absolute Gasteiger partial charge is 0.181 e. The van der Waals surface area contributed by atoms with E-state index in [0.717, 1.165) is 0 Å². The zero-order chi connectivity index (χ0) is 9.14. The second-order valence-electron chi connectivity index (χ2n) is 2.68. The number of ketones is 1. The van der Waals surface area contributed by atoms with Crippen LogP contribution in [-0.4, -0.2) is 29.8 Å². The van der Waals surface area contributed by atoms with Gasteiger partial charge in [-0.2, -0.15) is 0 Å². The van der Waals surface area contributed by atoms with Crippen LogP contribution in [-0.2, 0) is 0 Å². The van der Waals surface area contributed by atoms with Crippen molar-refractivity contribution >= 4 is 11.6 Å². The van der Waals surface area contributed by atoms with E-state index in [-0.39, 0.29) is 5.78 Å². The number of rotatable bonds is 2. The molecule has 0 N–H and O–H groups in total. The van der Waals surface area contributed by atoms with Gasteiger partial charge in [-0.15, -0.1) is 0 Å². The van der Waals surface area contributed by atoms with Gasteiger partial charge in [0.1, 0.15) is 5.69 Å². The average molecular weight is 165 g/mol. The highest BCUT2D eigenvalue weighted by atomic mass is 16.1. The van der Waals surface area contributed by atoms with Crippen molar-refractivity contribution in [1.29, 1.82) is 0 Å². The molecule has 0 aliphatic rings. The highest BCUT2D eigenvalue weighted by molar-refractivity contribution is 5.96. The van der Waals surface area contributed by atoms with E-state index < -0.39 is 0 Å². The maximum absolute atomic E-state index is 11.0. The molecule has 0 atom stereocenters. The topological polar surface area (TPSA) is 46.1 Å². The SMILES string of the molecule is CC(=O)c1nccnc1N(C)C. The van der Waals surface area contributed by atoms with Crippen molar-refractivity contribution in [2.24, 2.45) is 0 Å². The molecule has 0 spiro atoms. The lowest BCUT2D eigenvalue weighted by Gasteiger charge is -2.12. The first-order chi connectivity index (χ1) is 5.63. The van der Waals surface area contributed by atoms with Gasteiger partial charge in [0.05, 0.1) is 0 Å². The van der Waals surface area contributed by atoms with Gasteiger partial charge in [0.2, 0.25) is 0 Å². The van der Waals surface area contributed by atoms with Crippen LogP contribution in [0.5, 0.6) is 0 Å². The summed E-state index contributed by atoms with van der Waals surface area (Å²) in [6.07, 6.45) is 3.09. The third kappa shape index (κ3) is 1.58. The molecule has 1 rings (SSSR count). The Bertz CT molecular complexity index is 296. The Morgan fingerprint density at radius 3 is 2.33 bits per heavy atom. The Morgan fingerprint density at radius 2 is 1.92 bits per heavy atom. The molecule has 1 aromatic rings. The molecular formula is C8H11N3O. The van der Waals surface area contributed by atoms with Crippen LogP contribution in [0, 0.1) is 0 Å². The molecule has 0 aliphatic heterocycles. The maximum Gasteiger partial charge on any atom is 0.181 e. The van der Waals surface area contributed by atoms with Crippen LogP contribution in [0.15, 0.2) is 12.4 Å². The summed E-state index contributed by atoms with van der Waals surface area (Å²) >= 11 is 0. The molecule has 12 heavy (non-hydrogen) atoms. The Kier molecular flexibility index (Phi) is 2.38. The number of anilines is 1. The van der Waals surface area contributed by atoms with Crippen LogP contribution in [0.25, 0.3) is 0 Å². The van der Waals surface area contributed by atoms with Crippen LogP contribution in [0.3, 0.4) is 0 Å². The van der Waals surface area contributed by atoms with Gasteiger partial charge in [-0.05, 0) is 0 Å². The molecule has 0 aromatic carbocycles. The van der Waals surface area contributed by atoms with E-state index >= 15 is 0 Å². The summed E-state index contributed by atoms with van der Waals surface area (Å²) < 4.78 is 0. The maximum atomic E-state index is 11.0. The van der Waals surface area contributed by atoms with E-state index in [0.29, 0.717) is 11.5 Å².